The molecule has 0 radical (unpaired) electrons. The molecular weight excluding hydrogens is 354 g/mol. The number of aryl methyl sites for hydroxylation is 1. The highest BCUT2D eigenvalue weighted by Crippen LogP contribution is 2.26. The zero-order valence-corrected chi connectivity index (χ0v) is 17.2. The van der Waals surface area contributed by atoms with Gasteiger partial charge in [0.2, 0.25) is 0 Å². The molecule has 2 aromatic carbocycles. The number of rotatable bonds is 9. The van der Waals surface area contributed by atoms with E-state index in [-0.39, 0.29) is 0 Å². The van der Waals surface area contributed by atoms with Crippen molar-refractivity contribution in [3.8, 4) is 11.5 Å². The minimum atomic E-state index is -0.726. The molecule has 0 saturated carbocycles. The summed E-state index contributed by atoms with van der Waals surface area (Å²) in [6.07, 6.45) is 0.252. The number of hydrogen-bond acceptors (Lipinski definition) is 4. The number of aliphatic hydroxyl groups excluding tert-OH is 1. The highest BCUT2D eigenvalue weighted by atomic mass is 16.5. The van der Waals surface area contributed by atoms with Crippen molar-refractivity contribution >= 4 is 5.96 Å². The number of nitrogens with one attached hydrogen (secondary N) is 2. The summed E-state index contributed by atoms with van der Waals surface area (Å²) in [6, 6.07) is 13.7. The summed E-state index contributed by atoms with van der Waals surface area (Å²) in [5.41, 5.74) is 3.22. The number of ether oxygens (including phenoxy) is 2. The molecule has 0 aliphatic rings. The first-order valence-electron chi connectivity index (χ1n) is 9.61. The van der Waals surface area contributed by atoms with Crippen LogP contribution < -0.4 is 20.1 Å². The standard InChI is InChI=1S/C22H31N3O3/c1-5-16-9-7-8-10-17(16)14-24-22(23-6-2)25-15-21(26)18-11-19(27-3)13-20(12-18)28-4/h7-13,21,26H,5-6,14-15H2,1-4H3,(H2,23,24,25). The average molecular weight is 386 g/mol. The summed E-state index contributed by atoms with van der Waals surface area (Å²) in [5, 5.41) is 17.0. The molecule has 0 saturated heterocycles. The molecule has 1 atom stereocenters. The third-order valence-electron chi connectivity index (χ3n) is 4.47. The van der Waals surface area contributed by atoms with Crippen molar-refractivity contribution in [2.75, 3.05) is 27.3 Å². The van der Waals surface area contributed by atoms with Gasteiger partial charge >= 0.3 is 0 Å². The van der Waals surface area contributed by atoms with Crippen LogP contribution in [0.3, 0.4) is 0 Å². The Morgan fingerprint density at radius 1 is 1.00 bits per heavy atom. The second kappa shape index (κ2) is 11.2. The lowest BCUT2D eigenvalue weighted by Gasteiger charge is -2.17. The highest BCUT2D eigenvalue weighted by molar-refractivity contribution is 5.79. The summed E-state index contributed by atoms with van der Waals surface area (Å²) in [5.74, 6) is 1.96. The summed E-state index contributed by atoms with van der Waals surface area (Å²) in [7, 11) is 3.18. The van der Waals surface area contributed by atoms with Gasteiger partial charge in [0.05, 0.1) is 26.9 Å². The van der Waals surface area contributed by atoms with Crippen LogP contribution in [-0.4, -0.2) is 38.4 Å². The van der Waals surface area contributed by atoms with E-state index in [2.05, 4.69) is 34.7 Å². The third kappa shape index (κ3) is 6.16. The molecule has 0 spiro atoms. The van der Waals surface area contributed by atoms with Crippen LogP contribution in [0.15, 0.2) is 47.5 Å². The number of nitrogens with zero attached hydrogens (tertiary/aromatic N) is 1. The van der Waals surface area contributed by atoms with Gasteiger partial charge in [-0.25, -0.2) is 4.99 Å². The second-order valence-corrected chi connectivity index (χ2v) is 6.36. The number of benzene rings is 2. The molecule has 1 unspecified atom stereocenters. The highest BCUT2D eigenvalue weighted by Gasteiger charge is 2.12. The minimum absolute atomic E-state index is 0.317. The Labute approximate surface area is 167 Å². The monoisotopic (exact) mass is 385 g/mol. The first-order valence-corrected chi connectivity index (χ1v) is 9.61. The van der Waals surface area contributed by atoms with Crippen molar-refractivity contribution in [2.45, 2.75) is 32.9 Å². The van der Waals surface area contributed by atoms with E-state index in [4.69, 9.17) is 9.47 Å². The van der Waals surface area contributed by atoms with Crippen LogP contribution in [0.25, 0.3) is 0 Å². The molecule has 0 bridgehead atoms. The molecule has 152 valence electrons. The lowest BCUT2D eigenvalue weighted by Crippen LogP contribution is -2.39. The van der Waals surface area contributed by atoms with Crippen molar-refractivity contribution in [1.82, 2.24) is 10.6 Å². The van der Waals surface area contributed by atoms with Gasteiger partial charge in [0.1, 0.15) is 11.5 Å². The molecule has 2 rings (SSSR count). The molecule has 6 heteroatoms. The third-order valence-corrected chi connectivity index (χ3v) is 4.47. The zero-order valence-electron chi connectivity index (χ0n) is 17.2. The van der Waals surface area contributed by atoms with Crippen molar-refractivity contribution in [2.24, 2.45) is 4.99 Å². The van der Waals surface area contributed by atoms with Crippen LogP contribution in [-0.2, 0) is 13.0 Å². The van der Waals surface area contributed by atoms with Crippen LogP contribution in [0.2, 0.25) is 0 Å². The molecule has 28 heavy (non-hydrogen) atoms. The van der Waals surface area contributed by atoms with Gasteiger partial charge in [-0.1, -0.05) is 31.2 Å². The average Bonchev–Trinajstić information content (AvgIpc) is 2.75. The molecular formula is C22H31N3O3. The fraction of sp³-hybridized carbons (Fsp3) is 0.409. The van der Waals surface area contributed by atoms with E-state index in [1.54, 1.807) is 32.4 Å². The van der Waals surface area contributed by atoms with Crippen molar-refractivity contribution in [1.29, 1.82) is 0 Å². The molecule has 3 N–H and O–H groups in total. The number of aliphatic hydroxyl groups is 1. The Balaban J connectivity index is 2.06. The predicted molar refractivity (Wildman–Crippen MR) is 113 cm³/mol. The topological polar surface area (TPSA) is 75.1 Å². The largest absolute Gasteiger partial charge is 0.497 e. The maximum absolute atomic E-state index is 10.6. The SMILES string of the molecule is CCNC(=NCc1ccccc1CC)NCC(O)c1cc(OC)cc(OC)c1. The van der Waals surface area contributed by atoms with Crippen molar-refractivity contribution < 1.29 is 14.6 Å². The van der Waals surface area contributed by atoms with Crippen molar-refractivity contribution in [3.05, 3.63) is 59.2 Å². The van der Waals surface area contributed by atoms with Crippen LogP contribution in [0.4, 0.5) is 0 Å². The van der Waals surface area contributed by atoms with Gasteiger partial charge in [-0.2, -0.15) is 0 Å². The lowest BCUT2D eigenvalue weighted by molar-refractivity contribution is 0.180. The van der Waals surface area contributed by atoms with E-state index in [0.29, 0.717) is 30.5 Å². The molecule has 6 nitrogen and oxygen atoms in total. The molecule has 0 heterocycles. The Hall–Kier alpha value is -2.73. The minimum Gasteiger partial charge on any atom is -0.497 e. The second-order valence-electron chi connectivity index (χ2n) is 6.36. The smallest absolute Gasteiger partial charge is 0.191 e. The zero-order chi connectivity index (χ0) is 20.4. The normalized spacial score (nSPS) is 12.4. The predicted octanol–water partition coefficient (Wildman–Crippen LogP) is 3.05. The van der Waals surface area contributed by atoms with E-state index in [9.17, 15) is 5.11 Å². The molecule has 0 aliphatic carbocycles. The van der Waals surface area contributed by atoms with Crippen LogP contribution in [0.1, 0.15) is 36.6 Å². The van der Waals surface area contributed by atoms with E-state index in [1.807, 2.05) is 19.1 Å². The number of hydrogen-bond donors (Lipinski definition) is 3. The quantitative estimate of drug-likeness (QED) is 0.457. The first kappa shape index (κ1) is 21.6. The van der Waals surface area contributed by atoms with Crippen LogP contribution in [0, 0.1) is 0 Å². The van der Waals surface area contributed by atoms with Gasteiger partial charge in [0, 0.05) is 19.2 Å². The number of guanidine groups is 1. The Morgan fingerprint density at radius 2 is 1.64 bits per heavy atom. The maximum Gasteiger partial charge on any atom is 0.191 e. The fourth-order valence-electron chi connectivity index (χ4n) is 2.90. The van der Waals surface area contributed by atoms with E-state index in [0.717, 1.165) is 18.5 Å². The summed E-state index contributed by atoms with van der Waals surface area (Å²) in [4.78, 5) is 4.66. The molecule has 2 aromatic rings. The van der Waals surface area contributed by atoms with Crippen molar-refractivity contribution in [3.63, 3.8) is 0 Å². The Morgan fingerprint density at radius 3 is 2.21 bits per heavy atom. The molecule has 0 amide bonds. The Bertz CT molecular complexity index is 755. The lowest BCUT2D eigenvalue weighted by atomic mass is 10.1. The number of methoxy groups -OCH3 is 2. The molecule has 0 fully saturated rings. The van der Waals surface area contributed by atoms with Gasteiger partial charge in [-0.3, -0.25) is 0 Å². The summed E-state index contributed by atoms with van der Waals surface area (Å²) >= 11 is 0. The van der Waals surface area contributed by atoms with Gasteiger partial charge in [-0.05, 0) is 42.2 Å². The summed E-state index contributed by atoms with van der Waals surface area (Å²) in [6.45, 7) is 5.80. The first-order chi connectivity index (χ1) is 13.6. The maximum atomic E-state index is 10.6. The van der Waals surface area contributed by atoms with E-state index >= 15 is 0 Å². The number of aliphatic imine (C=N–C) groups is 1. The van der Waals surface area contributed by atoms with E-state index in [1.165, 1.54) is 11.1 Å². The van der Waals surface area contributed by atoms with Gasteiger partial charge in [0.25, 0.3) is 0 Å². The van der Waals surface area contributed by atoms with Gasteiger partial charge in [0.15, 0.2) is 5.96 Å². The summed E-state index contributed by atoms with van der Waals surface area (Å²) < 4.78 is 10.5. The van der Waals surface area contributed by atoms with E-state index < -0.39 is 6.10 Å². The van der Waals surface area contributed by atoms with Gasteiger partial charge in [-0.15, -0.1) is 0 Å². The van der Waals surface area contributed by atoms with Crippen LogP contribution >= 0.6 is 0 Å². The van der Waals surface area contributed by atoms with Crippen LogP contribution in [0.5, 0.6) is 11.5 Å². The Kier molecular flexibility index (Phi) is 8.62. The fourth-order valence-corrected chi connectivity index (χ4v) is 2.90. The van der Waals surface area contributed by atoms with Gasteiger partial charge < -0.3 is 25.2 Å². The molecule has 0 aromatic heterocycles. The molecule has 0 aliphatic heterocycles.